The molecule has 1 aromatic carbocycles. The van der Waals surface area contributed by atoms with Gasteiger partial charge in [-0.3, -0.25) is 0 Å². The average molecular weight is 314 g/mol. The predicted molar refractivity (Wildman–Crippen MR) is 73.5 cm³/mol. The van der Waals surface area contributed by atoms with Crippen molar-refractivity contribution in [2.75, 3.05) is 5.73 Å². The summed E-state index contributed by atoms with van der Waals surface area (Å²) >= 11 is 9.42. The number of hydrogen-bond donors (Lipinski definition) is 1. The second kappa shape index (κ2) is 4.89. The first-order chi connectivity index (χ1) is 8.06. The summed E-state index contributed by atoms with van der Waals surface area (Å²) in [6.07, 6.45) is 3.39. The Morgan fingerprint density at radius 3 is 2.94 bits per heavy atom. The van der Waals surface area contributed by atoms with Gasteiger partial charge in [0.05, 0.1) is 18.1 Å². The van der Waals surface area contributed by atoms with E-state index in [4.69, 9.17) is 17.3 Å². The van der Waals surface area contributed by atoms with Crippen molar-refractivity contribution in [2.24, 2.45) is 5.10 Å². The first kappa shape index (κ1) is 12.1. The van der Waals surface area contributed by atoms with Crippen molar-refractivity contribution < 1.29 is 0 Å². The van der Waals surface area contributed by atoms with E-state index >= 15 is 0 Å². The summed E-state index contributed by atoms with van der Waals surface area (Å²) in [6, 6.07) is 5.55. The van der Waals surface area contributed by atoms with Gasteiger partial charge in [-0.25, -0.2) is 9.66 Å². The molecule has 0 saturated heterocycles. The third-order valence-electron chi connectivity index (χ3n) is 2.11. The Hall–Kier alpha value is -1.33. The fourth-order valence-electron chi connectivity index (χ4n) is 1.33. The van der Waals surface area contributed by atoms with Gasteiger partial charge in [0.15, 0.2) is 0 Å². The van der Waals surface area contributed by atoms with Crippen LogP contribution in [0.25, 0.3) is 0 Å². The Labute approximate surface area is 112 Å². The molecule has 0 aliphatic carbocycles. The van der Waals surface area contributed by atoms with E-state index in [2.05, 4.69) is 26.0 Å². The lowest BCUT2D eigenvalue weighted by Gasteiger charge is -1.99. The highest BCUT2D eigenvalue weighted by Gasteiger charge is 2.00. The first-order valence-corrected chi connectivity index (χ1v) is 6.04. The van der Waals surface area contributed by atoms with E-state index in [1.54, 1.807) is 18.5 Å². The molecule has 0 fully saturated rings. The first-order valence-electron chi connectivity index (χ1n) is 4.87. The van der Waals surface area contributed by atoms with Gasteiger partial charge in [-0.2, -0.15) is 5.10 Å². The average Bonchev–Trinajstić information content (AvgIpc) is 2.59. The van der Waals surface area contributed by atoms with Crippen molar-refractivity contribution in [3.63, 3.8) is 0 Å². The number of hydrogen-bond acceptors (Lipinski definition) is 3. The van der Waals surface area contributed by atoms with Gasteiger partial charge in [-0.15, -0.1) is 0 Å². The van der Waals surface area contributed by atoms with Crippen molar-refractivity contribution in [1.82, 2.24) is 9.66 Å². The summed E-state index contributed by atoms with van der Waals surface area (Å²) in [5.41, 5.74) is 7.30. The summed E-state index contributed by atoms with van der Waals surface area (Å²) in [7, 11) is 0. The Balaban J connectivity index is 2.31. The lowest BCUT2D eigenvalue weighted by molar-refractivity contribution is 0.897. The SMILES string of the molecule is Cc1cn(N=Cc2cc(Br)ccc2Cl)c(N)n1. The van der Waals surface area contributed by atoms with Crippen LogP contribution in [0.3, 0.4) is 0 Å². The predicted octanol–water partition coefficient (Wildman–Crippen LogP) is 3.07. The zero-order chi connectivity index (χ0) is 12.4. The lowest BCUT2D eigenvalue weighted by atomic mass is 10.2. The molecule has 4 nitrogen and oxygen atoms in total. The fraction of sp³-hybridized carbons (Fsp3) is 0.0909. The molecule has 1 aromatic heterocycles. The number of aromatic nitrogens is 2. The van der Waals surface area contributed by atoms with Gasteiger partial charge in [0.25, 0.3) is 0 Å². The molecular formula is C11H10BrClN4. The van der Waals surface area contributed by atoms with Crippen LogP contribution in [0.4, 0.5) is 5.95 Å². The molecule has 0 spiro atoms. The number of anilines is 1. The van der Waals surface area contributed by atoms with Crippen LogP contribution in [-0.2, 0) is 0 Å². The number of halogens is 2. The molecule has 0 aliphatic rings. The van der Waals surface area contributed by atoms with E-state index < -0.39 is 0 Å². The highest BCUT2D eigenvalue weighted by atomic mass is 79.9. The number of nitrogens with zero attached hydrogens (tertiary/aromatic N) is 3. The zero-order valence-electron chi connectivity index (χ0n) is 9.06. The number of nitrogen functional groups attached to an aromatic ring is 1. The zero-order valence-corrected chi connectivity index (χ0v) is 11.4. The minimum Gasteiger partial charge on any atom is -0.368 e. The van der Waals surface area contributed by atoms with E-state index in [9.17, 15) is 0 Å². The number of rotatable bonds is 2. The highest BCUT2D eigenvalue weighted by molar-refractivity contribution is 9.10. The Morgan fingerprint density at radius 1 is 1.53 bits per heavy atom. The molecule has 1 heterocycles. The third kappa shape index (κ3) is 2.87. The van der Waals surface area contributed by atoms with Crippen LogP contribution in [0.1, 0.15) is 11.3 Å². The van der Waals surface area contributed by atoms with Crippen molar-refractivity contribution in [3.8, 4) is 0 Å². The molecule has 2 rings (SSSR count). The maximum atomic E-state index is 6.04. The van der Waals surface area contributed by atoms with Gasteiger partial charge in [0.1, 0.15) is 0 Å². The van der Waals surface area contributed by atoms with E-state index in [1.165, 1.54) is 4.68 Å². The lowest BCUT2D eigenvalue weighted by Crippen LogP contribution is -1.97. The van der Waals surface area contributed by atoms with E-state index in [1.807, 2.05) is 19.1 Å². The van der Waals surface area contributed by atoms with Crippen molar-refractivity contribution in [1.29, 1.82) is 0 Å². The van der Waals surface area contributed by atoms with Crippen molar-refractivity contribution in [3.05, 3.63) is 45.1 Å². The maximum Gasteiger partial charge on any atom is 0.221 e. The molecular weight excluding hydrogens is 304 g/mol. The molecule has 6 heteroatoms. The van der Waals surface area contributed by atoms with Crippen LogP contribution in [-0.4, -0.2) is 15.9 Å². The number of benzene rings is 1. The molecule has 0 saturated carbocycles. The standard InChI is InChI=1S/C11H10BrClN4/c1-7-6-17(11(14)16-7)15-5-8-4-9(12)2-3-10(8)13/h2-6H,1H3,(H2,14,16). The summed E-state index contributed by atoms with van der Waals surface area (Å²) in [5.74, 6) is 0.352. The molecule has 0 unspecified atom stereocenters. The second-order valence-electron chi connectivity index (χ2n) is 3.50. The molecule has 0 radical (unpaired) electrons. The third-order valence-corrected chi connectivity index (χ3v) is 2.95. The van der Waals surface area contributed by atoms with Crippen LogP contribution in [0, 0.1) is 6.92 Å². The van der Waals surface area contributed by atoms with Crippen LogP contribution < -0.4 is 5.73 Å². The second-order valence-corrected chi connectivity index (χ2v) is 4.82. The molecule has 0 aliphatic heterocycles. The molecule has 0 amide bonds. The minimum absolute atomic E-state index is 0.352. The Morgan fingerprint density at radius 2 is 2.29 bits per heavy atom. The normalized spacial score (nSPS) is 11.2. The maximum absolute atomic E-state index is 6.04. The highest BCUT2D eigenvalue weighted by Crippen LogP contribution is 2.19. The van der Waals surface area contributed by atoms with Crippen molar-refractivity contribution >= 4 is 39.7 Å². The summed E-state index contributed by atoms with van der Waals surface area (Å²) in [6.45, 7) is 1.86. The number of nitrogens with two attached hydrogens (primary N) is 1. The van der Waals surface area contributed by atoms with Crippen LogP contribution >= 0.6 is 27.5 Å². The van der Waals surface area contributed by atoms with Gasteiger partial charge in [-0.05, 0) is 25.1 Å². The minimum atomic E-state index is 0.352. The Bertz CT molecular complexity index is 577. The molecule has 0 bridgehead atoms. The number of imidazole rings is 1. The largest absolute Gasteiger partial charge is 0.368 e. The van der Waals surface area contributed by atoms with Crippen LogP contribution in [0.5, 0.6) is 0 Å². The van der Waals surface area contributed by atoms with Crippen LogP contribution in [0.15, 0.2) is 34.0 Å². The van der Waals surface area contributed by atoms with E-state index in [-0.39, 0.29) is 0 Å². The fourth-order valence-corrected chi connectivity index (χ4v) is 1.88. The quantitative estimate of drug-likeness (QED) is 0.866. The molecule has 88 valence electrons. The Kier molecular flexibility index (Phi) is 3.49. The smallest absolute Gasteiger partial charge is 0.221 e. The van der Waals surface area contributed by atoms with Gasteiger partial charge < -0.3 is 5.73 Å². The van der Waals surface area contributed by atoms with Gasteiger partial charge in [0, 0.05) is 15.1 Å². The topological polar surface area (TPSA) is 56.2 Å². The van der Waals surface area contributed by atoms with Gasteiger partial charge >= 0.3 is 0 Å². The molecule has 17 heavy (non-hydrogen) atoms. The monoisotopic (exact) mass is 312 g/mol. The van der Waals surface area contributed by atoms with Crippen molar-refractivity contribution in [2.45, 2.75) is 6.92 Å². The molecule has 2 N–H and O–H groups in total. The van der Waals surface area contributed by atoms with E-state index in [0.29, 0.717) is 11.0 Å². The summed E-state index contributed by atoms with van der Waals surface area (Å²) < 4.78 is 2.45. The summed E-state index contributed by atoms with van der Waals surface area (Å²) in [4.78, 5) is 4.05. The molecule has 0 atom stereocenters. The van der Waals surface area contributed by atoms with Crippen LogP contribution in [0.2, 0.25) is 5.02 Å². The van der Waals surface area contributed by atoms with Gasteiger partial charge in [-0.1, -0.05) is 27.5 Å². The van der Waals surface area contributed by atoms with E-state index in [0.717, 1.165) is 15.7 Å². The summed E-state index contributed by atoms with van der Waals surface area (Å²) in [5, 5.41) is 4.83. The van der Waals surface area contributed by atoms with Gasteiger partial charge in [0.2, 0.25) is 5.95 Å². The number of aryl methyl sites for hydroxylation is 1. The molecule has 2 aromatic rings.